The van der Waals surface area contributed by atoms with Gasteiger partial charge in [-0.1, -0.05) is 6.92 Å². The zero-order chi connectivity index (χ0) is 12.4. The summed E-state index contributed by atoms with van der Waals surface area (Å²) in [6, 6.07) is 3.51. The fourth-order valence-corrected chi connectivity index (χ4v) is 1.94. The quantitative estimate of drug-likeness (QED) is 0.806. The van der Waals surface area contributed by atoms with Crippen LogP contribution in [0.3, 0.4) is 0 Å². The molecule has 0 saturated heterocycles. The minimum absolute atomic E-state index is 0.0441. The molecule has 1 heterocycles. The molecular formula is C13H15NO3. The molecule has 0 unspecified atom stereocenters. The van der Waals surface area contributed by atoms with Crippen LogP contribution < -0.4 is 9.47 Å². The van der Waals surface area contributed by atoms with E-state index in [4.69, 9.17) is 9.47 Å². The van der Waals surface area contributed by atoms with E-state index in [9.17, 15) is 4.79 Å². The zero-order valence-electron chi connectivity index (χ0n) is 10.2. The second-order valence-electron chi connectivity index (χ2n) is 3.83. The number of carbonyl (C=O) groups excluding carboxylic acids is 1. The van der Waals surface area contributed by atoms with Crippen LogP contribution in [0.5, 0.6) is 11.5 Å². The molecule has 0 N–H and O–H groups in total. The van der Waals surface area contributed by atoms with Crippen molar-refractivity contribution in [1.29, 1.82) is 0 Å². The van der Waals surface area contributed by atoms with Crippen LogP contribution in [-0.4, -0.2) is 25.7 Å². The molecule has 0 aromatic heterocycles. The highest BCUT2D eigenvalue weighted by atomic mass is 16.5. The summed E-state index contributed by atoms with van der Waals surface area (Å²) in [7, 11) is 3.12. The number of hydrogen-bond acceptors (Lipinski definition) is 4. The van der Waals surface area contributed by atoms with Gasteiger partial charge in [-0.3, -0.25) is 9.79 Å². The zero-order valence-corrected chi connectivity index (χ0v) is 10.2. The van der Waals surface area contributed by atoms with Crippen LogP contribution >= 0.6 is 0 Å². The van der Waals surface area contributed by atoms with Crippen molar-refractivity contribution in [2.75, 3.05) is 14.2 Å². The van der Waals surface area contributed by atoms with Gasteiger partial charge >= 0.3 is 0 Å². The van der Waals surface area contributed by atoms with Crippen molar-refractivity contribution in [3.8, 4) is 11.5 Å². The predicted octanol–water partition coefficient (Wildman–Crippen LogP) is 2.77. The first-order valence-electron chi connectivity index (χ1n) is 5.55. The van der Waals surface area contributed by atoms with Crippen molar-refractivity contribution in [3.63, 3.8) is 0 Å². The minimum Gasteiger partial charge on any atom is -0.496 e. The lowest BCUT2D eigenvalue weighted by molar-refractivity contribution is 0.0996. The predicted molar refractivity (Wildman–Crippen MR) is 65.9 cm³/mol. The van der Waals surface area contributed by atoms with Gasteiger partial charge in [0.15, 0.2) is 5.78 Å². The third-order valence-corrected chi connectivity index (χ3v) is 2.86. The van der Waals surface area contributed by atoms with Crippen LogP contribution in [-0.2, 0) is 0 Å². The third-order valence-electron chi connectivity index (χ3n) is 2.86. The molecule has 1 aromatic rings. The van der Waals surface area contributed by atoms with E-state index >= 15 is 0 Å². The maximum absolute atomic E-state index is 12.1. The molecule has 17 heavy (non-hydrogen) atoms. The lowest BCUT2D eigenvalue weighted by Crippen LogP contribution is -2.14. The number of fused-ring (bicyclic) bond motifs is 1. The maximum atomic E-state index is 12.1. The van der Waals surface area contributed by atoms with Crippen LogP contribution in [0.1, 0.15) is 30.1 Å². The van der Waals surface area contributed by atoms with Crippen molar-refractivity contribution in [2.45, 2.75) is 19.8 Å². The molecule has 1 aromatic carbocycles. The van der Waals surface area contributed by atoms with E-state index in [0.717, 1.165) is 12.1 Å². The first-order valence-corrected chi connectivity index (χ1v) is 5.55. The molecule has 0 amide bonds. The number of ketones is 1. The number of Topliss-reactive ketones (excluding diaryl/α,β-unsaturated/α-hetero) is 1. The number of ether oxygens (including phenoxy) is 2. The molecule has 0 bridgehead atoms. The Labute approximate surface area is 100 Å². The molecule has 4 nitrogen and oxygen atoms in total. The van der Waals surface area contributed by atoms with E-state index in [-0.39, 0.29) is 5.78 Å². The lowest BCUT2D eigenvalue weighted by atomic mass is 9.97. The lowest BCUT2D eigenvalue weighted by Gasteiger charge is -2.18. The second-order valence-corrected chi connectivity index (χ2v) is 3.83. The summed E-state index contributed by atoms with van der Waals surface area (Å²) in [4.78, 5) is 16.6. The highest BCUT2D eigenvalue weighted by Gasteiger charge is 2.26. The molecule has 90 valence electrons. The third kappa shape index (κ3) is 1.90. The SMILES string of the molecule is CCC1=Nc2c(OC)ccc(OC)c2C(=O)C1. The van der Waals surface area contributed by atoms with Gasteiger partial charge in [-0.25, -0.2) is 0 Å². The van der Waals surface area contributed by atoms with Crippen LogP contribution in [0.2, 0.25) is 0 Å². The molecule has 0 radical (unpaired) electrons. The summed E-state index contributed by atoms with van der Waals surface area (Å²) in [5.74, 6) is 1.21. The molecule has 0 spiro atoms. The van der Waals surface area contributed by atoms with E-state index in [1.165, 1.54) is 0 Å². The normalized spacial score (nSPS) is 14.1. The van der Waals surface area contributed by atoms with Gasteiger partial charge in [0.1, 0.15) is 17.2 Å². The number of nitrogens with zero attached hydrogens (tertiary/aromatic N) is 1. The topological polar surface area (TPSA) is 47.9 Å². The Morgan fingerprint density at radius 2 is 1.88 bits per heavy atom. The van der Waals surface area contributed by atoms with Crippen LogP contribution in [0, 0.1) is 0 Å². The van der Waals surface area contributed by atoms with Crippen molar-refractivity contribution >= 4 is 17.2 Å². The second kappa shape index (κ2) is 4.57. The fourth-order valence-electron chi connectivity index (χ4n) is 1.94. The molecule has 1 aliphatic heterocycles. The Balaban J connectivity index is 2.67. The molecule has 0 aliphatic carbocycles. The molecule has 0 fully saturated rings. The number of carbonyl (C=O) groups is 1. The van der Waals surface area contributed by atoms with Gasteiger partial charge in [0, 0.05) is 12.1 Å². The first-order chi connectivity index (χ1) is 8.21. The van der Waals surface area contributed by atoms with E-state index in [1.807, 2.05) is 6.92 Å². The van der Waals surface area contributed by atoms with E-state index in [1.54, 1.807) is 26.4 Å². The van der Waals surface area contributed by atoms with Gasteiger partial charge in [0.05, 0.1) is 19.8 Å². The first kappa shape index (κ1) is 11.6. The molecule has 0 saturated carbocycles. The summed E-state index contributed by atoms with van der Waals surface area (Å²) in [6.07, 6.45) is 1.14. The number of benzene rings is 1. The van der Waals surface area contributed by atoms with Crippen molar-refractivity contribution in [1.82, 2.24) is 0 Å². The van der Waals surface area contributed by atoms with Gasteiger partial charge < -0.3 is 9.47 Å². The number of hydrogen-bond donors (Lipinski definition) is 0. The summed E-state index contributed by atoms with van der Waals surface area (Å²) >= 11 is 0. The van der Waals surface area contributed by atoms with E-state index < -0.39 is 0 Å². The van der Waals surface area contributed by atoms with Crippen molar-refractivity contribution in [2.24, 2.45) is 4.99 Å². The molecule has 2 rings (SSSR count). The van der Waals surface area contributed by atoms with Gasteiger partial charge in [0.2, 0.25) is 0 Å². The summed E-state index contributed by atoms with van der Waals surface area (Å²) in [6.45, 7) is 1.99. The van der Waals surface area contributed by atoms with Gasteiger partial charge in [-0.05, 0) is 18.6 Å². The Kier molecular flexibility index (Phi) is 3.13. The minimum atomic E-state index is 0.0441. The molecule has 0 atom stereocenters. The fraction of sp³-hybridized carbons (Fsp3) is 0.385. The Morgan fingerprint density at radius 3 is 2.47 bits per heavy atom. The number of methoxy groups -OCH3 is 2. The maximum Gasteiger partial charge on any atom is 0.174 e. The molecule has 1 aliphatic rings. The number of aliphatic imine (C=N–C) groups is 1. The summed E-state index contributed by atoms with van der Waals surface area (Å²) < 4.78 is 10.4. The summed E-state index contributed by atoms with van der Waals surface area (Å²) in [5, 5.41) is 0. The largest absolute Gasteiger partial charge is 0.496 e. The number of rotatable bonds is 3. The Morgan fingerprint density at radius 1 is 1.24 bits per heavy atom. The van der Waals surface area contributed by atoms with Crippen molar-refractivity contribution < 1.29 is 14.3 Å². The summed E-state index contributed by atoms with van der Waals surface area (Å²) in [5.41, 5.74) is 2.01. The highest BCUT2D eigenvalue weighted by molar-refractivity contribution is 6.17. The Bertz CT molecular complexity index is 492. The van der Waals surface area contributed by atoms with Crippen LogP contribution in [0.4, 0.5) is 5.69 Å². The van der Waals surface area contributed by atoms with Crippen LogP contribution in [0.25, 0.3) is 0 Å². The molecular weight excluding hydrogens is 218 g/mol. The van der Waals surface area contributed by atoms with Gasteiger partial charge in [-0.2, -0.15) is 0 Å². The average molecular weight is 233 g/mol. The van der Waals surface area contributed by atoms with E-state index in [2.05, 4.69) is 4.99 Å². The monoisotopic (exact) mass is 233 g/mol. The van der Waals surface area contributed by atoms with E-state index in [0.29, 0.717) is 29.2 Å². The molecule has 4 heteroatoms. The van der Waals surface area contributed by atoms with Crippen LogP contribution in [0.15, 0.2) is 17.1 Å². The van der Waals surface area contributed by atoms with Crippen molar-refractivity contribution in [3.05, 3.63) is 17.7 Å². The standard InChI is InChI=1S/C13H15NO3/c1-4-8-7-9(15)12-10(16-2)5-6-11(17-3)13(12)14-8/h5-6H,4,7H2,1-3H3. The highest BCUT2D eigenvalue weighted by Crippen LogP contribution is 2.41. The Hall–Kier alpha value is -1.84. The van der Waals surface area contributed by atoms with Gasteiger partial charge in [-0.15, -0.1) is 0 Å². The average Bonchev–Trinajstić information content (AvgIpc) is 2.37. The smallest absolute Gasteiger partial charge is 0.174 e. The van der Waals surface area contributed by atoms with Gasteiger partial charge in [0.25, 0.3) is 0 Å².